The Morgan fingerprint density at radius 1 is 1.17 bits per heavy atom. The molecule has 9 nitrogen and oxygen atoms in total. The number of imidazole rings is 1. The van der Waals surface area contributed by atoms with E-state index in [0.29, 0.717) is 24.4 Å². The first-order valence-corrected chi connectivity index (χ1v) is 9.34. The second kappa shape index (κ2) is 8.68. The number of aromatic amines is 1. The average Bonchev–Trinajstić information content (AvgIpc) is 3.08. The molecule has 0 radical (unpaired) electrons. The minimum Gasteiger partial charge on any atom is -0.466 e. The number of hydrogen-bond donors (Lipinski definition) is 1. The van der Waals surface area contributed by atoms with E-state index >= 15 is 0 Å². The number of benzene rings is 1. The van der Waals surface area contributed by atoms with E-state index in [0.717, 1.165) is 0 Å². The fraction of sp³-hybridized carbons (Fsp3) is 0.350. The molecular weight excluding hydrogens is 376 g/mol. The van der Waals surface area contributed by atoms with E-state index in [2.05, 4.69) is 9.97 Å². The van der Waals surface area contributed by atoms with Gasteiger partial charge >= 0.3 is 11.7 Å². The van der Waals surface area contributed by atoms with Crippen molar-refractivity contribution in [1.29, 1.82) is 0 Å². The summed E-state index contributed by atoms with van der Waals surface area (Å²) in [6.45, 7) is 2.09. The van der Waals surface area contributed by atoms with Gasteiger partial charge < -0.3 is 9.30 Å². The lowest BCUT2D eigenvalue weighted by Gasteiger charge is -2.08. The van der Waals surface area contributed by atoms with Gasteiger partial charge in [0, 0.05) is 19.0 Å². The van der Waals surface area contributed by atoms with Crippen LogP contribution in [0, 0.1) is 0 Å². The van der Waals surface area contributed by atoms with Crippen LogP contribution in [0.1, 0.15) is 35.9 Å². The van der Waals surface area contributed by atoms with Gasteiger partial charge in [-0.3, -0.25) is 23.9 Å². The van der Waals surface area contributed by atoms with Gasteiger partial charge in [0.15, 0.2) is 16.9 Å². The Morgan fingerprint density at radius 3 is 2.59 bits per heavy atom. The molecule has 0 fully saturated rings. The second-order valence-electron chi connectivity index (χ2n) is 6.61. The minimum absolute atomic E-state index is 0.0503. The highest BCUT2D eigenvalue weighted by Gasteiger charge is 2.20. The largest absolute Gasteiger partial charge is 0.466 e. The van der Waals surface area contributed by atoms with Crippen molar-refractivity contribution in [3.8, 4) is 0 Å². The van der Waals surface area contributed by atoms with Crippen LogP contribution in [0.4, 0.5) is 0 Å². The third-order valence-corrected chi connectivity index (χ3v) is 4.50. The van der Waals surface area contributed by atoms with Crippen molar-refractivity contribution in [3.63, 3.8) is 0 Å². The van der Waals surface area contributed by atoms with E-state index in [4.69, 9.17) is 4.74 Å². The van der Waals surface area contributed by atoms with Gasteiger partial charge in [-0.2, -0.15) is 0 Å². The number of nitrogens with one attached hydrogen (secondary N) is 1. The summed E-state index contributed by atoms with van der Waals surface area (Å²) in [7, 11) is 1.48. The maximum absolute atomic E-state index is 12.7. The van der Waals surface area contributed by atoms with Crippen molar-refractivity contribution < 1.29 is 14.3 Å². The molecule has 29 heavy (non-hydrogen) atoms. The fourth-order valence-corrected chi connectivity index (χ4v) is 3.00. The van der Waals surface area contributed by atoms with Crippen LogP contribution in [-0.4, -0.2) is 37.5 Å². The van der Waals surface area contributed by atoms with Crippen molar-refractivity contribution in [2.75, 3.05) is 6.61 Å². The van der Waals surface area contributed by atoms with Crippen LogP contribution in [0.25, 0.3) is 11.2 Å². The highest BCUT2D eigenvalue weighted by molar-refractivity contribution is 5.96. The Labute approximate surface area is 166 Å². The fourth-order valence-electron chi connectivity index (χ4n) is 3.00. The third-order valence-electron chi connectivity index (χ3n) is 4.50. The highest BCUT2D eigenvalue weighted by Crippen LogP contribution is 2.14. The zero-order valence-electron chi connectivity index (χ0n) is 16.3. The summed E-state index contributed by atoms with van der Waals surface area (Å²) in [6.07, 6.45) is 0.939. The molecule has 0 aliphatic heterocycles. The third kappa shape index (κ3) is 4.34. The number of esters is 1. The molecule has 0 spiro atoms. The van der Waals surface area contributed by atoms with Gasteiger partial charge in [0.1, 0.15) is 5.82 Å². The molecule has 3 rings (SSSR count). The van der Waals surface area contributed by atoms with Crippen LogP contribution >= 0.6 is 0 Å². The molecule has 3 aromatic rings. The summed E-state index contributed by atoms with van der Waals surface area (Å²) in [6, 6.07) is 8.67. The zero-order chi connectivity index (χ0) is 21.0. The van der Waals surface area contributed by atoms with E-state index < -0.39 is 11.2 Å². The highest BCUT2D eigenvalue weighted by atomic mass is 16.5. The maximum atomic E-state index is 12.7. The summed E-state index contributed by atoms with van der Waals surface area (Å²) in [5.74, 6) is -0.236. The van der Waals surface area contributed by atoms with Crippen molar-refractivity contribution >= 4 is 22.9 Å². The Kier molecular flexibility index (Phi) is 6.06. The van der Waals surface area contributed by atoms with E-state index in [1.54, 1.807) is 30.3 Å². The van der Waals surface area contributed by atoms with Crippen LogP contribution in [-0.2, 0) is 29.5 Å². The monoisotopic (exact) mass is 398 g/mol. The lowest BCUT2D eigenvalue weighted by molar-refractivity contribution is -0.143. The SMILES string of the molecule is CCCOC(=O)CCc1nc2c(c(=O)[nH]c(=O)n2C)n1CC(=O)c1ccccc1. The molecule has 0 bridgehead atoms. The number of ketones is 1. The standard InChI is InChI=1S/C20H22N4O5/c1-3-11-29-16(26)10-9-15-21-18-17(19(27)22-20(28)23(18)2)24(15)12-14(25)13-7-5-4-6-8-13/h4-8H,3,9-12H2,1-2H3,(H,22,27,28). The molecular formula is C20H22N4O5. The number of carbonyl (C=O) groups excluding carboxylic acids is 2. The molecule has 2 heterocycles. The van der Waals surface area contributed by atoms with E-state index in [9.17, 15) is 19.2 Å². The topological polar surface area (TPSA) is 116 Å². The van der Waals surface area contributed by atoms with Crippen LogP contribution in [0.2, 0.25) is 0 Å². The van der Waals surface area contributed by atoms with Gasteiger partial charge in [0.05, 0.1) is 19.6 Å². The van der Waals surface area contributed by atoms with Crippen molar-refractivity contribution in [2.45, 2.75) is 32.7 Å². The lowest BCUT2D eigenvalue weighted by atomic mass is 10.1. The molecule has 0 saturated carbocycles. The quantitative estimate of drug-likeness (QED) is 0.450. The smallest absolute Gasteiger partial charge is 0.329 e. The normalized spacial score (nSPS) is 11.0. The van der Waals surface area contributed by atoms with Gasteiger partial charge in [0.25, 0.3) is 5.56 Å². The number of aromatic nitrogens is 4. The Bertz CT molecular complexity index is 1160. The number of Topliss-reactive ketones (excluding diaryl/α,β-unsaturated/α-hetero) is 1. The first-order chi connectivity index (χ1) is 13.9. The van der Waals surface area contributed by atoms with Crippen molar-refractivity contribution in [3.05, 3.63) is 62.6 Å². The van der Waals surface area contributed by atoms with Gasteiger partial charge in [-0.1, -0.05) is 37.3 Å². The molecule has 1 aromatic carbocycles. The number of fused-ring (bicyclic) bond motifs is 1. The van der Waals surface area contributed by atoms with E-state index in [1.165, 1.54) is 16.2 Å². The minimum atomic E-state index is -0.628. The molecule has 2 aromatic heterocycles. The number of nitrogens with zero attached hydrogens (tertiary/aromatic N) is 3. The lowest BCUT2D eigenvalue weighted by Crippen LogP contribution is -2.29. The molecule has 0 unspecified atom stereocenters. The van der Waals surface area contributed by atoms with Crippen LogP contribution in [0.5, 0.6) is 0 Å². The predicted octanol–water partition coefficient (Wildman–Crippen LogP) is 1.19. The number of rotatable bonds is 8. The van der Waals surface area contributed by atoms with Crippen LogP contribution in [0.3, 0.4) is 0 Å². The van der Waals surface area contributed by atoms with Crippen LogP contribution < -0.4 is 11.2 Å². The number of hydrogen-bond acceptors (Lipinski definition) is 6. The second-order valence-corrected chi connectivity index (χ2v) is 6.61. The summed E-state index contributed by atoms with van der Waals surface area (Å²) in [4.78, 5) is 55.6. The van der Waals surface area contributed by atoms with E-state index in [-0.39, 0.29) is 42.3 Å². The van der Waals surface area contributed by atoms with Crippen molar-refractivity contribution in [2.24, 2.45) is 7.05 Å². The molecule has 152 valence electrons. The number of ether oxygens (including phenoxy) is 1. The Morgan fingerprint density at radius 2 is 1.90 bits per heavy atom. The predicted molar refractivity (Wildman–Crippen MR) is 106 cm³/mol. The van der Waals surface area contributed by atoms with Crippen molar-refractivity contribution in [1.82, 2.24) is 19.1 Å². The molecule has 9 heteroatoms. The molecule has 0 amide bonds. The molecule has 0 atom stereocenters. The first-order valence-electron chi connectivity index (χ1n) is 9.34. The molecule has 1 N–H and O–H groups in total. The average molecular weight is 398 g/mol. The van der Waals surface area contributed by atoms with Gasteiger partial charge in [-0.05, 0) is 6.42 Å². The molecule has 0 aliphatic rings. The van der Waals surface area contributed by atoms with E-state index in [1.807, 2.05) is 6.92 Å². The van der Waals surface area contributed by atoms with Gasteiger partial charge in [0.2, 0.25) is 0 Å². The number of H-pyrrole nitrogens is 1. The zero-order valence-corrected chi connectivity index (χ0v) is 16.3. The van der Waals surface area contributed by atoms with Gasteiger partial charge in [-0.15, -0.1) is 0 Å². The number of aryl methyl sites for hydroxylation is 2. The molecule has 0 aliphatic carbocycles. The summed E-state index contributed by atoms with van der Waals surface area (Å²) >= 11 is 0. The maximum Gasteiger partial charge on any atom is 0.329 e. The molecule has 0 saturated heterocycles. The summed E-state index contributed by atoms with van der Waals surface area (Å²) in [5, 5.41) is 0. The Hall–Kier alpha value is -3.49. The van der Waals surface area contributed by atoms with Crippen LogP contribution in [0.15, 0.2) is 39.9 Å². The number of carbonyl (C=O) groups is 2. The summed E-state index contributed by atoms with van der Waals surface area (Å²) in [5.41, 5.74) is -0.458. The van der Waals surface area contributed by atoms with Gasteiger partial charge in [-0.25, -0.2) is 9.78 Å². The first kappa shape index (κ1) is 20.2. The summed E-state index contributed by atoms with van der Waals surface area (Å²) < 4.78 is 7.75. The Balaban J connectivity index is 2.01.